The van der Waals surface area contributed by atoms with Crippen molar-refractivity contribution in [2.75, 3.05) is 0 Å². The molecule has 2 aromatic rings. The first-order valence-electron chi connectivity index (χ1n) is 7.48. The molecule has 1 aliphatic rings. The molecule has 0 bridgehead atoms. The Morgan fingerprint density at radius 3 is 2.45 bits per heavy atom. The number of fused-ring (bicyclic) bond motifs is 1. The van der Waals surface area contributed by atoms with Crippen molar-refractivity contribution < 1.29 is 5.11 Å². The van der Waals surface area contributed by atoms with Gasteiger partial charge in [0.15, 0.2) is 0 Å². The Labute approximate surface area is 121 Å². The van der Waals surface area contributed by atoms with Crippen molar-refractivity contribution in [3.05, 3.63) is 70.3 Å². The second kappa shape index (κ2) is 5.41. The lowest BCUT2D eigenvalue weighted by Gasteiger charge is -2.31. The maximum absolute atomic E-state index is 10.7. The number of aliphatic hydroxyl groups is 1. The topological polar surface area (TPSA) is 20.2 Å². The second-order valence-corrected chi connectivity index (χ2v) is 6.02. The maximum Gasteiger partial charge on any atom is 0.0824 e. The van der Waals surface area contributed by atoms with Crippen LogP contribution in [0, 0.1) is 19.8 Å². The van der Waals surface area contributed by atoms with Crippen LogP contribution in [-0.4, -0.2) is 5.11 Å². The van der Waals surface area contributed by atoms with E-state index in [0.717, 1.165) is 24.8 Å². The summed E-state index contributed by atoms with van der Waals surface area (Å²) < 4.78 is 0. The van der Waals surface area contributed by atoms with E-state index in [2.05, 4.69) is 50.2 Å². The third kappa shape index (κ3) is 2.38. The fourth-order valence-electron chi connectivity index (χ4n) is 3.45. The Balaban J connectivity index is 1.87. The van der Waals surface area contributed by atoms with Gasteiger partial charge in [0.1, 0.15) is 0 Å². The zero-order valence-electron chi connectivity index (χ0n) is 12.3. The first-order valence-corrected chi connectivity index (χ1v) is 7.48. The van der Waals surface area contributed by atoms with Gasteiger partial charge in [-0.25, -0.2) is 0 Å². The van der Waals surface area contributed by atoms with Crippen LogP contribution < -0.4 is 0 Å². The monoisotopic (exact) mass is 266 g/mol. The number of rotatable bonds is 2. The first kappa shape index (κ1) is 13.4. The third-order valence-electron chi connectivity index (χ3n) is 4.72. The predicted molar refractivity (Wildman–Crippen MR) is 82.8 cm³/mol. The Hall–Kier alpha value is -1.60. The zero-order chi connectivity index (χ0) is 14.1. The SMILES string of the molecule is Cc1cccc(C)c1CC1CCc2ccccc2C1O. The van der Waals surface area contributed by atoms with E-state index in [0.29, 0.717) is 5.92 Å². The van der Waals surface area contributed by atoms with Crippen molar-refractivity contribution in [3.8, 4) is 0 Å². The fraction of sp³-hybridized carbons (Fsp3) is 0.368. The predicted octanol–water partition coefficient (Wildman–Crippen LogP) is 4.14. The van der Waals surface area contributed by atoms with Crippen molar-refractivity contribution in [2.24, 2.45) is 5.92 Å². The van der Waals surface area contributed by atoms with Gasteiger partial charge in [0.2, 0.25) is 0 Å². The van der Waals surface area contributed by atoms with E-state index in [1.165, 1.54) is 22.3 Å². The smallest absolute Gasteiger partial charge is 0.0824 e. The van der Waals surface area contributed by atoms with Crippen molar-refractivity contribution in [2.45, 2.75) is 39.2 Å². The molecule has 0 fully saturated rings. The quantitative estimate of drug-likeness (QED) is 0.866. The molecule has 0 saturated heterocycles. The standard InChI is InChI=1S/C19H22O/c1-13-6-5-7-14(2)18(13)12-16-11-10-15-8-3-4-9-17(15)19(16)20/h3-9,16,19-20H,10-12H2,1-2H3. The van der Waals surface area contributed by atoms with E-state index in [-0.39, 0.29) is 6.10 Å². The van der Waals surface area contributed by atoms with Crippen LogP contribution in [0.4, 0.5) is 0 Å². The fourth-order valence-corrected chi connectivity index (χ4v) is 3.45. The Morgan fingerprint density at radius 1 is 1.00 bits per heavy atom. The largest absolute Gasteiger partial charge is 0.388 e. The van der Waals surface area contributed by atoms with Crippen LogP contribution in [0.2, 0.25) is 0 Å². The van der Waals surface area contributed by atoms with Gasteiger partial charge in [0.05, 0.1) is 6.10 Å². The van der Waals surface area contributed by atoms with Crippen molar-refractivity contribution in [3.63, 3.8) is 0 Å². The molecular weight excluding hydrogens is 244 g/mol. The molecule has 1 aliphatic carbocycles. The Kier molecular flexibility index (Phi) is 3.62. The molecule has 20 heavy (non-hydrogen) atoms. The summed E-state index contributed by atoms with van der Waals surface area (Å²) in [5.74, 6) is 0.338. The lowest BCUT2D eigenvalue weighted by Crippen LogP contribution is -2.23. The molecule has 0 aromatic heterocycles. The van der Waals surface area contributed by atoms with Crippen LogP contribution in [0.3, 0.4) is 0 Å². The summed E-state index contributed by atoms with van der Waals surface area (Å²) in [6.45, 7) is 4.34. The normalized spacial score (nSPS) is 21.6. The maximum atomic E-state index is 10.7. The zero-order valence-corrected chi connectivity index (χ0v) is 12.3. The summed E-state index contributed by atoms with van der Waals surface area (Å²) in [5.41, 5.74) is 6.55. The highest BCUT2D eigenvalue weighted by molar-refractivity contribution is 5.36. The van der Waals surface area contributed by atoms with Crippen molar-refractivity contribution >= 4 is 0 Å². The van der Waals surface area contributed by atoms with E-state index in [1.54, 1.807) is 0 Å². The molecule has 0 spiro atoms. The average molecular weight is 266 g/mol. The molecule has 0 aliphatic heterocycles. The van der Waals surface area contributed by atoms with E-state index >= 15 is 0 Å². The van der Waals surface area contributed by atoms with Crippen LogP contribution in [0.5, 0.6) is 0 Å². The molecule has 3 rings (SSSR count). The highest BCUT2D eigenvalue weighted by atomic mass is 16.3. The average Bonchev–Trinajstić information content (AvgIpc) is 2.45. The molecular formula is C19H22O. The molecule has 0 radical (unpaired) electrons. The summed E-state index contributed by atoms with van der Waals surface area (Å²) in [6.07, 6.45) is 2.82. The molecule has 2 atom stereocenters. The highest BCUT2D eigenvalue weighted by Gasteiger charge is 2.28. The molecule has 0 heterocycles. The summed E-state index contributed by atoms with van der Waals surface area (Å²) >= 11 is 0. The van der Waals surface area contributed by atoms with E-state index in [1.807, 2.05) is 6.07 Å². The molecule has 0 saturated carbocycles. The molecule has 1 heteroatoms. The minimum absolute atomic E-state index is 0.320. The molecule has 0 amide bonds. The minimum atomic E-state index is -0.320. The van der Waals surface area contributed by atoms with E-state index in [4.69, 9.17) is 0 Å². The van der Waals surface area contributed by atoms with Gasteiger partial charge in [-0.15, -0.1) is 0 Å². The lowest BCUT2D eigenvalue weighted by molar-refractivity contribution is 0.0935. The van der Waals surface area contributed by atoms with E-state index < -0.39 is 0 Å². The second-order valence-electron chi connectivity index (χ2n) is 6.02. The molecule has 1 N–H and O–H groups in total. The Morgan fingerprint density at radius 2 is 1.70 bits per heavy atom. The summed E-state index contributed by atoms with van der Waals surface area (Å²) in [6, 6.07) is 14.8. The van der Waals surface area contributed by atoms with Gasteiger partial charge in [0, 0.05) is 0 Å². The molecule has 1 nitrogen and oxygen atoms in total. The number of aryl methyl sites for hydroxylation is 3. The first-order chi connectivity index (χ1) is 9.66. The minimum Gasteiger partial charge on any atom is -0.388 e. The van der Waals surface area contributed by atoms with Gasteiger partial charge in [-0.2, -0.15) is 0 Å². The lowest BCUT2D eigenvalue weighted by atomic mass is 9.77. The molecule has 104 valence electrons. The van der Waals surface area contributed by atoms with Crippen LogP contribution in [0.1, 0.15) is 40.3 Å². The van der Waals surface area contributed by atoms with Gasteiger partial charge in [-0.05, 0) is 66.8 Å². The molecule has 2 unspecified atom stereocenters. The number of hydrogen-bond donors (Lipinski definition) is 1. The van der Waals surface area contributed by atoms with Gasteiger partial charge in [-0.3, -0.25) is 0 Å². The van der Waals surface area contributed by atoms with Gasteiger partial charge < -0.3 is 5.11 Å². The van der Waals surface area contributed by atoms with Crippen molar-refractivity contribution in [1.82, 2.24) is 0 Å². The summed E-state index contributed by atoms with van der Waals surface area (Å²) in [4.78, 5) is 0. The molecule has 2 aromatic carbocycles. The summed E-state index contributed by atoms with van der Waals surface area (Å²) in [7, 11) is 0. The van der Waals surface area contributed by atoms with Gasteiger partial charge in [0.25, 0.3) is 0 Å². The number of hydrogen-bond acceptors (Lipinski definition) is 1. The highest BCUT2D eigenvalue weighted by Crippen LogP contribution is 2.37. The van der Waals surface area contributed by atoms with E-state index in [9.17, 15) is 5.11 Å². The summed E-state index contributed by atoms with van der Waals surface area (Å²) in [5, 5.41) is 10.7. The number of benzene rings is 2. The van der Waals surface area contributed by atoms with Crippen molar-refractivity contribution in [1.29, 1.82) is 0 Å². The number of aliphatic hydroxyl groups excluding tert-OH is 1. The van der Waals surface area contributed by atoms with Crippen LogP contribution in [0.25, 0.3) is 0 Å². The van der Waals surface area contributed by atoms with Crippen LogP contribution >= 0.6 is 0 Å². The van der Waals surface area contributed by atoms with Gasteiger partial charge in [-0.1, -0.05) is 42.5 Å². The van der Waals surface area contributed by atoms with Crippen LogP contribution in [0.15, 0.2) is 42.5 Å². The van der Waals surface area contributed by atoms with Crippen LogP contribution in [-0.2, 0) is 12.8 Å². The Bertz CT molecular complexity index is 595. The van der Waals surface area contributed by atoms with Gasteiger partial charge >= 0.3 is 0 Å². The third-order valence-corrected chi connectivity index (χ3v) is 4.72.